The summed E-state index contributed by atoms with van der Waals surface area (Å²) in [5.74, 6) is 0.0857. The Morgan fingerprint density at radius 3 is 2.23 bits per heavy atom. The van der Waals surface area contributed by atoms with E-state index in [-0.39, 0.29) is 36.8 Å². The second-order valence-electron chi connectivity index (χ2n) is 5.47. The van der Waals surface area contributed by atoms with Crippen molar-refractivity contribution in [3.8, 4) is 11.8 Å². The number of benzene rings is 1. The average Bonchev–Trinajstić information content (AvgIpc) is 2.81. The molecule has 1 saturated heterocycles. The molecule has 5 heteroatoms. The minimum absolute atomic E-state index is 0.0808. The van der Waals surface area contributed by atoms with Crippen LogP contribution in [-0.4, -0.2) is 29.9 Å². The molecule has 1 aromatic rings. The Kier molecular flexibility index (Phi) is 3.92. The Morgan fingerprint density at radius 2 is 1.68 bits per heavy atom. The lowest BCUT2D eigenvalue weighted by Gasteiger charge is -2.15. The minimum atomic E-state index is -0.188. The number of hydrogen-bond donors (Lipinski definition) is 0. The van der Waals surface area contributed by atoms with Crippen LogP contribution < -0.4 is 4.74 Å². The predicted molar refractivity (Wildman–Crippen MR) is 78.7 cm³/mol. The van der Waals surface area contributed by atoms with Crippen molar-refractivity contribution in [1.29, 1.82) is 5.26 Å². The van der Waals surface area contributed by atoms with Crippen molar-refractivity contribution in [3.05, 3.63) is 42.0 Å². The summed E-state index contributed by atoms with van der Waals surface area (Å²) in [6.07, 6.45) is 5.26. The first-order valence-electron chi connectivity index (χ1n) is 7.34. The standard InChI is InChI=1S/C17H16N2O3/c18-11-12-5-7-13(8-6-12)22-10-9-19-16(20)14-3-1-2-4-15(14)17(19)21/h1-2,5-8,14-15H,3-4,9-10H2. The molecule has 0 radical (unpaired) electrons. The van der Waals surface area contributed by atoms with E-state index >= 15 is 0 Å². The molecule has 3 rings (SSSR count). The molecule has 1 heterocycles. The van der Waals surface area contributed by atoms with Crippen LogP contribution in [0.3, 0.4) is 0 Å². The summed E-state index contributed by atoms with van der Waals surface area (Å²) in [5, 5.41) is 8.73. The zero-order valence-corrected chi connectivity index (χ0v) is 12.1. The van der Waals surface area contributed by atoms with E-state index in [4.69, 9.17) is 10.00 Å². The number of nitriles is 1. The van der Waals surface area contributed by atoms with E-state index in [1.165, 1.54) is 4.90 Å². The highest BCUT2D eigenvalue weighted by molar-refractivity contribution is 6.05. The molecule has 5 nitrogen and oxygen atoms in total. The first-order chi connectivity index (χ1) is 10.7. The quantitative estimate of drug-likeness (QED) is 0.628. The Labute approximate surface area is 128 Å². The Morgan fingerprint density at radius 1 is 1.09 bits per heavy atom. The number of carbonyl (C=O) groups is 2. The number of rotatable bonds is 4. The fourth-order valence-electron chi connectivity index (χ4n) is 2.97. The molecule has 2 amide bonds. The first-order valence-corrected chi connectivity index (χ1v) is 7.34. The zero-order valence-electron chi connectivity index (χ0n) is 12.1. The maximum atomic E-state index is 12.3. The van der Waals surface area contributed by atoms with Crippen LogP contribution in [0.25, 0.3) is 0 Å². The van der Waals surface area contributed by atoms with Gasteiger partial charge in [-0.15, -0.1) is 0 Å². The van der Waals surface area contributed by atoms with E-state index in [1.54, 1.807) is 24.3 Å². The number of ether oxygens (including phenoxy) is 1. The number of nitrogens with zero attached hydrogens (tertiary/aromatic N) is 2. The normalized spacial score (nSPS) is 23.3. The smallest absolute Gasteiger partial charge is 0.233 e. The number of imide groups is 1. The molecule has 112 valence electrons. The molecule has 2 atom stereocenters. The van der Waals surface area contributed by atoms with Crippen molar-refractivity contribution in [2.45, 2.75) is 12.8 Å². The van der Waals surface area contributed by atoms with Crippen molar-refractivity contribution in [2.24, 2.45) is 11.8 Å². The molecule has 0 bridgehead atoms. The lowest BCUT2D eigenvalue weighted by Crippen LogP contribution is -2.34. The van der Waals surface area contributed by atoms with Crippen molar-refractivity contribution in [3.63, 3.8) is 0 Å². The van der Waals surface area contributed by atoms with Crippen LogP contribution in [0.2, 0.25) is 0 Å². The molecule has 1 aliphatic carbocycles. The van der Waals surface area contributed by atoms with E-state index < -0.39 is 0 Å². The highest BCUT2D eigenvalue weighted by Gasteiger charge is 2.46. The summed E-state index contributed by atoms with van der Waals surface area (Å²) < 4.78 is 5.55. The Hall–Kier alpha value is -2.61. The maximum absolute atomic E-state index is 12.3. The first kappa shape index (κ1) is 14.3. The molecule has 0 saturated carbocycles. The number of amides is 2. The number of hydrogen-bond acceptors (Lipinski definition) is 4. The monoisotopic (exact) mass is 296 g/mol. The molecule has 0 aromatic heterocycles. The van der Waals surface area contributed by atoms with Crippen LogP contribution in [0.1, 0.15) is 18.4 Å². The van der Waals surface area contributed by atoms with Gasteiger partial charge in [-0.1, -0.05) is 12.2 Å². The lowest BCUT2D eigenvalue weighted by molar-refractivity contribution is -0.140. The molecule has 1 aromatic carbocycles. The fraction of sp³-hybridized carbons (Fsp3) is 0.353. The van der Waals surface area contributed by atoms with Gasteiger partial charge >= 0.3 is 0 Å². The summed E-state index contributed by atoms with van der Waals surface area (Å²) in [7, 11) is 0. The third-order valence-electron chi connectivity index (χ3n) is 4.17. The number of fused-ring (bicyclic) bond motifs is 1. The molecule has 2 unspecified atom stereocenters. The summed E-state index contributed by atoms with van der Waals surface area (Å²) in [4.78, 5) is 25.8. The molecule has 1 fully saturated rings. The second kappa shape index (κ2) is 6.02. The molecule has 1 aliphatic heterocycles. The SMILES string of the molecule is N#Cc1ccc(OCCN2C(=O)C3CC=CCC3C2=O)cc1. The predicted octanol–water partition coefficient (Wildman–Crippen LogP) is 1.89. The van der Waals surface area contributed by atoms with Crippen molar-refractivity contribution < 1.29 is 14.3 Å². The summed E-state index contributed by atoms with van der Waals surface area (Å²) in [5.41, 5.74) is 0.564. The van der Waals surface area contributed by atoms with E-state index in [0.29, 0.717) is 24.2 Å². The Balaban J connectivity index is 1.56. The van der Waals surface area contributed by atoms with Crippen LogP contribution in [0, 0.1) is 23.2 Å². The van der Waals surface area contributed by atoms with Gasteiger partial charge < -0.3 is 4.74 Å². The minimum Gasteiger partial charge on any atom is -0.492 e. The van der Waals surface area contributed by atoms with Crippen LogP contribution in [0.4, 0.5) is 0 Å². The van der Waals surface area contributed by atoms with Gasteiger partial charge in [0.05, 0.1) is 30.0 Å². The van der Waals surface area contributed by atoms with Crippen LogP contribution in [-0.2, 0) is 9.59 Å². The summed E-state index contributed by atoms with van der Waals surface area (Å²) in [6.45, 7) is 0.529. The van der Waals surface area contributed by atoms with Crippen molar-refractivity contribution in [1.82, 2.24) is 4.90 Å². The van der Waals surface area contributed by atoms with Gasteiger partial charge in [-0.3, -0.25) is 14.5 Å². The molecular formula is C17H16N2O3. The average molecular weight is 296 g/mol. The zero-order chi connectivity index (χ0) is 15.5. The van der Waals surface area contributed by atoms with Gasteiger partial charge in [-0.2, -0.15) is 5.26 Å². The largest absolute Gasteiger partial charge is 0.492 e. The Bertz CT molecular complexity index is 631. The summed E-state index contributed by atoms with van der Waals surface area (Å²) in [6, 6.07) is 8.78. The maximum Gasteiger partial charge on any atom is 0.233 e. The van der Waals surface area contributed by atoms with Gasteiger partial charge in [-0.25, -0.2) is 0 Å². The van der Waals surface area contributed by atoms with E-state index in [2.05, 4.69) is 0 Å². The van der Waals surface area contributed by atoms with Gasteiger partial charge in [0.2, 0.25) is 11.8 Å². The van der Waals surface area contributed by atoms with E-state index in [0.717, 1.165) is 0 Å². The van der Waals surface area contributed by atoms with Crippen LogP contribution in [0.15, 0.2) is 36.4 Å². The fourth-order valence-corrected chi connectivity index (χ4v) is 2.97. The van der Waals surface area contributed by atoms with Crippen LogP contribution in [0.5, 0.6) is 5.75 Å². The van der Waals surface area contributed by atoms with Crippen molar-refractivity contribution in [2.75, 3.05) is 13.2 Å². The van der Waals surface area contributed by atoms with Gasteiger partial charge in [0, 0.05) is 0 Å². The van der Waals surface area contributed by atoms with Gasteiger partial charge in [-0.05, 0) is 37.1 Å². The molecule has 22 heavy (non-hydrogen) atoms. The lowest BCUT2D eigenvalue weighted by atomic mass is 9.85. The third kappa shape index (κ3) is 2.60. The molecular weight excluding hydrogens is 280 g/mol. The van der Waals surface area contributed by atoms with Gasteiger partial charge in [0.25, 0.3) is 0 Å². The highest BCUT2D eigenvalue weighted by Crippen LogP contribution is 2.34. The second-order valence-corrected chi connectivity index (χ2v) is 5.47. The number of allylic oxidation sites excluding steroid dienone is 2. The van der Waals surface area contributed by atoms with Gasteiger partial charge in [0.15, 0.2) is 0 Å². The molecule has 0 spiro atoms. The number of carbonyl (C=O) groups excluding carboxylic acids is 2. The molecule has 2 aliphatic rings. The van der Waals surface area contributed by atoms with E-state index in [1.807, 2.05) is 18.2 Å². The third-order valence-corrected chi connectivity index (χ3v) is 4.17. The topological polar surface area (TPSA) is 70.4 Å². The summed E-state index contributed by atoms with van der Waals surface area (Å²) >= 11 is 0. The van der Waals surface area contributed by atoms with Crippen LogP contribution >= 0.6 is 0 Å². The van der Waals surface area contributed by atoms with Gasteiger partial charge in [0.1, 0.15) is 12.4 Å². The van der Waals surface area contributed by atoms with Crippen molar-refractivity contribution >= 4 is 11.8 Å². The van der Waals surface area contributed by atoms with E-state index in [9.17, 15) is 9.59 Å². The molecule has 0 N–H and O–H groups in total. The highest BCUT2D eigenvalue weighted by atomic mass is 16.5. The number of likely N-dealkylation sites (tertiary alicyclic amines) is 1.